The number of carbonyl (C=O) groups excluding carboxylic acids is 1. The Morgan fingerprint density at radius 2 is 1.52 bits per heavy atom. The zero-order valence-electron chi connectivity index (χ0n) is 25.1. The van der Waals surface area contributed by atoms with E-state index in [1.165, 1.54) is 4.90 Å². The van der Waals surface area contributed by atoms with Crippen molar-refractivity contribution in [3.63, 3.8) is 0 Å². The van der Waals surface area contributed by atoms with Crippen molar-refractivity contribution in [3.05, 3.63) is 69.8 Å². The van der Waals surface area contributed by atoms with Crippen LogP contribution in [0.25, 0.3) is 5.57 Å². The molecule has 0 atom stereocenters. The minimum atomic E-state index is -5.00. The summed E-state index contributed by atoms with van der Waals surface area (Å²) in [6, 6.07) is 7.31. The standard InChI is InChI=1S/C32H39F6NO3/c1-19(2)22-8-9-28(41-7)27(14-22)26-10-11-30(5,6)16-23(26)18-39(29(40)42-20(3)4)17-21-12-24(31(33,34)35)15-25(13-21)32(36,37)38/h8-9,12-15,19-20H,10-11,16-18H2,1-7H3. The summed E-state index contributed by atoms with van der Waals surface area (Å²) in [4.78, 5) is 14.5. The van der Waals surface area contributed by atoms with Crippen LogP contribution < -0.4 is 4.74 Å². The van der Waals surface area contributed by atoms with Crippen LogP contribution in [0.15, 0.2) is 42.0 Å². The fraction of sp³-hybridized carbons (Fsp3) is 0.531. The van der Waals surface area contributed by atoms with E-state index < -0.39 is 42.2 Å². The zero-order chi connectivity index (χ0) is 31.6. The maximum absolute atomic E-state index is 13.6. The normalized spacial score (nSPS) is 15.8. The number of rotatable bonds is 8. The van der Waals surface area contributed by atoms with Gasteiger partial charge in [-0.1, -0.05) is 33.8 Å². The van der Waals surface area contributed by atoms with Gasteiger partial charge in [-0.15, -0.1) is 0 Å². The van der Waals surface area contributed by atoms with E-state index in [0.717, 1.165) is 28.7 Å². The molecule has 0 saturated heterocycles. The van der Waals surface area contributed by atoms with Crippen LogP contribution in [0.2, 0.25) is 0 Å². The molecule has 0 radical (unpaired) electrons. The molecular formula is C32H39F6NO3. The molecule has 0 bridgehead atoms. The van der Waals surface area contributed by atoms with E-state index in [2.05, 4.69) is 33.8 Å². The third kappa shape index (κ3) is 8.44. The molecule has 0 aliphatic heterocycles. The molecule has 1 aliphatic carbocycles. The Balaban J connectivity index is 2.16. The van der Waals surface area contributed by atoms with Crippen LogP contribution in [0.3, 0.4) is 0 Å². The maximum Gasteiger partial charge on any atom is 0.416 e. The van der Waals surface area contributed by atoms with Crippen molar-refractivity contribution in [2.24, 2.45) is 5.41 Å². The molecule has 42 heavy (non-hydrogen) atoms. The van der Waals surface area contributed by atoms with Crippen LogP contribution in [-0.2, 0) is 23.6 Å². The van der Waals surface area contributed by atoms with Crippen molar-refractivity contribution in [2.45, 2.75) is 91.7 Å². The Morgan fingerprint density at radius 1 is 0.929 bits per heavy atom. The number of amides is 1. The second kappa shape index (κ2) is 12.6. The molecule has 0 heterocycles. The SMILES string of the molecule is COc1ccc(C(C)C)cc1C1=C(CN(Cc2cc(C(F)(F)F)cc(C(F)(F)F)c2)C(=O)OC(C)C)CC(C)(C)CC1. The number of carbonyl (C=O) groups is 1. The fourth-order valence-electron chi connectivity index (χ4n) is 5.23. The van der Waals surface area contributed by atoms with Crippen LogP contribution in [-0.4, -0.2) is 30.8 Å². The van der Waals surface area contributed by atoms with Gasteiger partial charge in [0.2, 0.25) is 0 Å². The lowest BCUT2D eigenvalue weighted by Crippen LogP contribution is -2.36. The van der Waals surface area contributed by atoms with E-state index in [0.29, 0.717) is 30.7 Å². The number of alkyl halides is 6. The number of ether oxygens (including phenoxy) is 2. The first-order chi connectivity index (χ1) is 19.3. The number of nitrogens with zero attached hydrogens (tertiary/aromatic N) is 1. The average molecular weight is 600 g/mol. The van der Waals surface area contributed by atoms with E-state index in [1.807, 2.05) is 12.1 Å². The Bertz CT molecular complexity index is 1280. The predicted octanol–water partition coefficient (Wildman–Crippen LogP) is 9.87. The number of hydrogen-bond acceptors (Lipinski definition) is 3. The highest BCUT2D eigenvalue weighted by molar-refractivity contribution is 5.76. The van der Waals surface area contributed by atoms with Gasteiger partial charge in [0.1, 0.15) is 5.75 Å². The predicted molar refractivity (Wildman–Crippen MR) is 150 cm³/mol. The molecule has 0 saturated carbocycles. The van der Waals surface area contributed by atoms with Crippen LogP contribution in [0, 0.1) is 5.41 Å². The van der Waals surface area contributed by atoms with Gasteiger partial charge in [-0.05, 0) is 97.0 Å². The van der Waals surface area contributed by atoms with Crippen molar-refractivity contribution < 1.29 is 40.6 Å². The summed E-state index contributed by atoms with van der Waals surface area (Å²) in [5.41, 5.74) is 0.457. The Labute approximate surface area is 243 Å². The quantitative estimate of drug-likeness (QED) is 0.284. The molecule has 0 unspecified atom stereocenters. The lowest BCUT2D eigenvalue weighted by Gasteiger charge is -2.36. The minimum absolute atomic E-state index is 0.0308. The molecule has 0 fully saturated rings. The lowest BCUT2D eigenvalue weighted by atomic mass is 9.72. The molecule has 0 spiro atoms. The maximum atomic E-state index is 13.6. The molecule has 1 aliphatic rings. The minimum Gasteiger partial charge on any atom is -0.496 e. The van der Waals surface area contributed by atoms with Gasteiger partial charge in [0.15, 0.2) is 0 Å². The summed E-state index contributed by atoms with van der Waals surface area (Å²) >= 11 is 0. The Hall–Kier alpha value is -3.17. The second-order valence-corrected chi connectivity index (χ2v) is 12.2. The average Bonchev–Trinajstić information content (AvgIpc) is 2.86. The molecule has 1 amide bonds. The topological polar surface area (TPSA) is 38.8 Å². The Kier molecular flexibility index (Phi) is 10.00. The van der Waals surface area contributed by atoms with E-state index in [4.69, 9.17) is 9.47 Å². The van der Waals surface area contributed by atoms with Gasteiger partial charge in [0.05, 0.1) is 24.3 Å². The first kappa shape index (κ1) is 33.3. The van der Waals surface area contributed by atoms with Gasteiger partial charge in [0, 0.05) is 18.7 Å². The second-order valence-electron chi connectivity index (χ2n) is 12.2. The van der Waals surface area contributed by atoms with Crippen molar-refractivity contribution in [1.29, 1.82) is 0 Å². The zero-order valence-corrected chi connectivity index (χ0v) is 25.1. The van der Waals surface area contributed by atoms with E-state index >= 15 is 0 Å². The lowest BCUT2D eigenvalue weighted by molar-refractivity contribution is -0.143. The molecule has 4 nitrogen and oxygen atoms in total. The smallest absolute Gasteiger partial charge is 0.416 e. The molecule has 0 N–H and O–H groups in total. The number of benzene rings is 2. The number of methoxy groups -OCH3 is 1. The summed E-state index contributed by atoms with van der Waals surface area (Å²) in [6.45, 7) is 11.0. The van der Waals surface area contributed by atoms with Crippen LogP contribution >= 0.6 is 0 Å². The third-order valence-electron chi connectivity index (χ3n) is 7.38. The van der Waals surface area contributed by atoms with Crippen molar-refractivity contribution in [1.82, 2.24) is 4.90 Å². The van der Waals surface area contributed by atoms with Crippen LogP contribution in [0.1, 0.15) is 94.5 Å². The van der Waals surface area contributed by atoms with Crippen molar-refractivity contribution in [2.75, 3.05) is 13.7 Å². The first-order valence-corrected chi connectivity index (χ1v) is 13.9. The highest BCUT2D eigenvalue weighted by Gasteiger charge is 2.38. The molecule has 10 heteroatoms. The van der Waals surface area contributed by atoms with Crippen LogP contribution in [0.5, 0.6) is 5.75 Å². The molecule has 2 aromatic rings. The van der Waals surface area contributed by atoms with Gasteiger partial charge in [-0.3, -0.25) is 4.90 Å². The van der Waals surface area contributed by atoms with E-state index in [9.17, 15) is 31.1 Å². The molecule has 3 rings (SSSR count). The highest BCUT2D eigenvalue weighted by Crippen LogP contribution is 2.45. The van der Waals surface area contributed by atoms with Gasteiger partial charge in [0.25, 0.3) is 0 Å². The Morgan fingerprint density at radius 3 is 2.02 bits per heavy atom. The number of allylic oxidation sites excluding steroid dienone is 1. The van der Waals surface area contributed by atoms with E-state index in [-0.39, 0.29) is 29.5 Å². The van der Waals surface area contributed by atoms with E-state index in [1.54, 1.807) is 21.0 Å². The molecule has 232 valence electrons. The van der Waals surface area contributed by atoms with Crippen LogP contribution in [0.4, 0.5) is 31.1 Å². The van der Waals surface area contributed by atoms with Gasteiger partial charge in [-0.2, -0.15) is 26.3 Å². The summed E-state index contributed by atoms with van der Waals surface area (Å²) < 4.78 is 92.5. The third-order valence-corrected chi connectivity index (χ3v) is 7.38. The largest absolute Gasteiger partial charge is 0.496 e. The first-order valence-electron chi connectivity index (χ1n) is 13.9. The summed E-state index contributed by atoms with van der Waals surface area (Å²) in [5.74, 6) is 0.885. The molecule has 2 aromatic carbocycles. The van der Waals surface area contributed by atoms with Gasteiger partial charge >= 0.3 is 18.4 Å². The molecular weight excluding hydrogens is 560 g/mol. The number of hydrogen-bond donors (Lipinski definition) is 0. The van der Waals surface area contributed by atoms with Gasteiger partial charge in [-0.25, -0.2) is 4.79 Å². The number of halogens is 6. The fourth-order valence-corrected chi connectivity index (χ4v) is 5.23. The summed E-state index contributed by atoms with van der Waals surface area (Å²) in [7, 11) is 1.57. The molecule has 0 aromatic heterocycles. The van der Waals surface area contributed by atoms with Crippen molar-refractivity contribution >= 4 is 11.7 Å². The summed E-state index contributed by atoms with van der Waals surface area (Å²) in [5, 5.41) is 0. The monoisotopic (exact) mass is 599 g/mol. The van der Waals surface area contributed by atoms with Crippen molar-refractivity contribution in [3.8, 4) is 5.75 Å². The van der Waals surface area contributed by atoms with Gasteiger partial charge < -0.3 is 9.47 Å². The summed E-state index contributed by atoms with van der Waals surface area (Å²) in [6.07, 6.45) is -9.30. The highest BCUT2D eigenvalue weighted by atomic mass is 19.4.